The van der Waals surface area contributed by atoms with Crippen molar-refractivity contribution in [2.24, 2.45) is 0 Å². The van der Waals surface area contributed by atoms with Crippen molar-refractivity contribution in [1.29, 1.82) is 0 Å². The average molecular weight is 597 g/mol. The number of benzene rings is 9. The number of hydrogen-bond acceptors (Lipinski definition) is 1. The molecule has 1 nitrogen and oxygen atoms in total. The van der Waals surface area contributed by atoms with E-state index in [9.17, 15) is 0 Å². The monoisotopic (exact) mass is 596 g/mol. The molecule has 10 rings (SSSR count). The van der Waals surface area contributed by atoms with Crippen LogP contribution in [0.2, 0.25) is 0 Å². The van der Waals surface area contributed by atoms with Crippen molar-refractivity contribution in [3.05, 3.63) is 170 Å². The third kappa shape index (κ3) is 3.97. The largest absolute Gasteiger partial charge is 0.456 e. The summed E-state index contributed by atoms with van der Waals surface area (Å²) in [6.07, 6.45) is 0. The van der Waals surface area contributed by atoms with E-state index in [1.54, 1.807) is 0 Å². The maximum Gasteiger partial charge on any atom is 0.136 e. The lowest BCUT2D eigenvalue weighted by molar-refractivity contribution is 0.669. The van der Waals surface area contributed by atoms with Crippen LogP contribution in [0.15, 0.2) is 174 Å². The predicted molar refractivity (Wildman–Crippen MR) is 200 cm³/mol. The van der Waals surface area contributed by atoms with E-state index < -0.39 is 0 Å². The van der Waals surface area contributed by atoms with Gasteiger partial charge < -0.3 is 4.42 Å². The van der Waals surface area contributed by atoms with Crippen LogP contribution in [0.5, 0.6) is 0 Å². The normalized spacial score (nSPS) is 11.8. The second-order valence-electron chi connectivity index (χ2n) is 12.4. The fourth-order valence-electron chi connectivity index (χ4n) is 7.76. The Hall–Kier alpha value is -6.18. The number of rotatable bonds is 3. The lowest BCUT2D eigenvalue weighted by Gasteiger charge is -2.19. The molecule has 0 fully saturated rings. The topological polar surface area (TPSA) is 13.1 Å². The highest BCUT2D eigenvalue weighted by Gasteiger charge is 2.19. The van der Waals surface area contributed by atoms with Crippen molar-refractivity contribution in [2.75, 3.05) is 0 Å². The molecule has 1 heteroatoms. The van der Waals surface area contributed by atoms with Crippen molar-refractivity contribution in [3.63, 3.8) is 0 Å². The molecule has 0 unspecified atom stereocenters. The van der Waals surface area contributed by atoms with Gasteiger partial charge in [0.15, 0.2) is 0 Å². The Kier molecular flexibility index (Phi) is 5.64. The van der Waals surface area contributed by atoms with Gasteiger partial charge in [-0.2, -0.15) is 0 Å². The van der Waals surface area contributed by atoms with Crippen LogP contribution in [0.1, 0.15) is 0 Å². The number of para-hydroxylation sites is 1. The number of hydrogen-bond donors (Lipinski definition) is 0. The summed E-state index contributed by atoms with van der Waals surface area (Å²) in [5.74, 6) is 0. The summed E-state index contributed by atoms with van der Waals surface area (Å²) in [5.41, 5.74) is 9.25. The second kappa shape index (κ2) is 10.2. The zero-order valence-electron chi connectivity index (χ0n) is 25.6. The molecule has 10 aromatic rings. The molecule has 0 amide bonds. The van der Waals surface area contributed by atoms with E-state index in [-0.39, 0.29) is 0 Å². The fourth-order valence-corrected chi connectivity index (χ4v) is 7.76. The predicted octanol–water partition coefficient (Wildman–Crippen LogP) is 13.2. The Bertz CT molecular complexity index is 2790. The first-order chi connectivity index (χ1) is 23.3. The molecule has 0 N–H and O–H groups in total. The van der Waals surface area contributed by atoms with Crippen LogP contribution >= 0.6 is 0 Å². The minimum Gasteiger partial charge on any atom is -0.456 e. The molecule has 0 aliphatic carbocycles. The Balaban J connectivity index is 1.22. The third-order valence-corrected chi connectivity index (χ3v) is 9.85. The quantitative estimate of drug-likeness (QED) is 0.185. The molecule has 0 aliphatic heterocycles. The van der Waals surface area contributed by atoms with Crippen LogP contribution in [0.4, 0.5) is 0 Å². The highest BCUT2D eigenvalue weighted by atomic mass is 16.3. The Morgan fingerprint density at radius 3 is 1.55 bits per heavy atom. The summed E-state index contributed by atoms with van der Waals surface area (Å²) in [4.78, 5) is 0. The summed E-state index contributed by atoms with van der Waals surface area (Å²) in [6, 6.07) is 61.6. The van der Waals surface area contributed by atoms with E-state index in [1.165, 1.54) is 70.9 Å². The molecule has 0 atom stereocenters. The molecular formula is C46H28O. The standard InChI is InChI=1S/C46H28O/c1-2-14-33-29(11-1)12-9-20-34(33)31-23-25-35-30(27-31)13-10-21-38(35)46-41-18-5-3-16-39(41)45(40-17-4-6-19-42(40)46)32-24-26-37-36-15-7-8-22-43(36)47-44(37)28-32/h1-28H. The molecule has 0 saturated carbocycles. The van der Waals surface area contributed by atoms with Crippen LogP contribution in [0, 0.1) is 0 Å². The zero-order chi connectivity index (χ0) is 30.9. The first-order valence-electron chi connectivity index (χ1n) is 16.2. The lowest BCUT2D eigenvalue weighted by atomic mass is 9.84. The molecule has 0 radical (unpaired) electrons. The molecule has 9 aromatic carbocycles. The number of furan rings is 1. The van der Waals surface area contributed by atoms with Gasteiger partial charge in [-0.25, -0.2) is 0 Å². The van der Waals surface area contributed by atoms with Crippen LogP contribution in [-0.2, 0) is 0 Å². The van der Waals surface area contributed by atoms with Crippen LogP contribution in [0.3, 0.4) is 0 Å². The molecular weight excluding hydrogens is 569 g/mol. The summed E-state index contributed by atoms with van der Waals surface area (Å²) in [7, 11) is 0. The molecule has 0 saturated heterocycles. The van der Waals surface area contributed by atoms with Crippen molar-refractivity contribution in [3.8, 4) is 33.4 Å². The molecule has 218 valence electrons. The molecule has 1 heterocycles. The van der Waals surface area contributed by atoms with Gasteiger partial charge >= 0.3 is 0 Å². The van der Waals surface area contributed by atoms with Gasteiger partial charge in [0, 0.05) is 10.8 Å². The van der Waals surface area contributed by atoms with E-state index in [1.807, 2.05) is 12.1 Å². The minimum absolute atomic E-state index is 0.914. The van der Waals surface area contributed by atoms with Gasteiger partial charge in [-0.1, -0.05) is 146 Å². The summed E-state index contributed by atoms with van der Waals surface area (Å²) < 4.78 is 6.35. The van der Waals surface area contributed by atoms with E-state index >= 15 is 0 Å². The van der Waals surface area contributed by atoms with Crippen LogP contribution in [-0.4, -0.2) is 0 Å². The Labute approximate surface area is 271 Å². The van der Waals surface area contributed by atoms with Gasteiger partial charge in [0.25, 0.3) is 0 Å². The van der Waals surface area contributed by atoms with Crippen molar-refractivity contribution in [1.82, 2.24) is 0 Å². The van der Waals surface area contributed by atoms with Crippen molar-refractivity contribution in [2.45, 2.75) is 0 Å². The van der Waals surface area contributed by atoms with Crippen molar-refractivity contribution < 1.29 is 4.42 Å². The van der Waals surface area contributed by atoms with Gasteiger partial charge in [0.1, 0.15) is 11.2 Å². The zero-order valence-corrected chi connectivity index (χ0v) is 25.6. The van der Waals surface area contributed by atoms with Gasteiger partial charge in [-0.15, -0.1) is 0 Å². The third-order valence-electron chi connectivity index (χ3n) is 9.85. The maximum absolute atomic E-state index is 6.35. The van der Waals surface area contributed by atoms with Gasteiger partial charge in [-0.05, 0) is 101 Å². The fraction of sp³-hybridized carbons (Fsp3) is 0. The van der Waals surface area contributed by atoms with Crippen molar-refractivity contribution >= 4 is 65.0 Å². The number of fused-ring (bicyclic) bond motifs is 7. The molecule has 1 aromatic heterocycles. The smallest absolute Gasteiger partial charge is 0.136 e. The maximum atomic E-state index is 6.35. The SMILES string of the molecule is c1ccc2c(-c3ccc4c(-c5c6ccccc6c(-c6ccc7c(c6)oc6ccccc67)c6ccccc56)cccc4c3)cccc2c1. The lowest BCUT2D eigenvalue weighted by Crippen LogP contribution is -1.92. The van der Waals surface area contributed by atoms with Gasteiger partial charge in [-0.3, -0.25) is 0 Å². The first-order valence-corrected chi connectivity index (χ1v) is 16.2. The molecule has 0 bridgehead atoms. The van der Waals surface area contributed by atoms with Crippen LogP contribution in [0.25, 0.3) is 98.4 Å². The van der Waals surface area contributed by atoms with Gasteiger partial charge in [0.05, 0.1) is 0 Å². The van der Waals surface area contributed by atoms with E-state index in [0.717, 1.165) is 27.5 Å². The molecule has 0 aliphatic rings. The molecule has 0 spiro atoms. The first kappa shape index (κ1) is 26.1. The van der Waals surface area contributed by atoms with E-state index in [2.05, 4.69) is 158 Å². The van der Waals surface area contributed by atoms with E-state index in [0.29, 0.717) is 0 Å². The van der Waals surface area contributed by atoms with E-state index in [4.69, 9.17) is 4.42 Å². The second-order valence-corrected chi connectivity index (χ2v) is 12.4. The van der Waals surface area contributed by atoms with Gasteiger partial charge in [0.2, 0.25) is 0 Å². The average Bonchev–Trinajstić information content (AvgIpc) is 3.51. The summed E-state index contributed by atoms with van der Waals surface area (Å²) in [6.45, 7) is 0. The Morgan fingerprint density at radius 2 is 0.787 bits per heavy atom. The Morgan fingerprint density at radius 1 is 0.277 bits per heavy atom. The highest BCUT2D eigenvalue weighted by Crippen LogP contribution is 2.46. The summed E-state index contributed by atoms with van der Waals surface area (Å²) in [5, 5.41) is 12.3. The summed E-state index contributed by atoms with van der Waals surface area (Å²) >= 11 is 0. The minimum atomic E-state index is 0.914. The molecule has 47 heavy (non-hydrogen) atoms. The van der Waals surface area contributed by atoms with Crippen LogP contribution < -0.4 is 0 Å². The highest BCUT2D eigenvalue weighted by molar-refractivity contribution is 6.24.